The van der Waals surface area contributed by atoms with E-state index in [1.807, 2.05) is 0 Å². The highest BCUT2D eigenvalue weighted by Crippen LogP contribution is 2.15. The van der Waals surface area contributed by atoms with Crippen LogP contribution >= 0.6 is 0 Å². The third-order valence-corrected chi connectivity index (χ3v) is 2.19. The molecule has 0 heterocycles. The zero-order chi connectivity index (χ0) is 15.2. The number of hydrogen-bond acceptors (Lipinski definition) is 5. The number of carbonyl (C=O) groups is 2. The maximum Gasteiger partial charge on any atom is 0.413 e. The first kappa shape index (κ1) is 17.4. The van der Waals surface area contributed by atoms with Gasteiger partial charge in [0.15, 0.2) is 0 Å². The van der Waals surface area contributed by atoms with Gasteiger partial charge < -0.3 is 14.6 Å². The number of ether oxygens (including phenoxy) is 2. The Labute approximate surface area is 114 Å². The van der Waals surface area contributed by atoms with Gasteiger partial charge in [0, 0.05) is 0 Å². The number of methoxy groups -OCH3 is 1. The summed E-state index contributed by atoms with van der Waals surface area (Å²) in [6.45, 7) is 8.54. The molecule has 6 heteroatoms. The van der Waals surface area contributed by atoms with E-state index in [2.05, 4.69) is 4.74 Å². The van der Waals surface area contributed by atoms with Crippen molar-refractivity contribution in [1.29, 1.82) is 0 Å². The second kappa shape index (κ2) is 7.13. The van der Waals surface area contributed by atoms with Gasteiger partial charge in [0.1, 0.15) is 5.60 Å². The van der Waals surface area contributed by atoms with Crippen molar-refractivity contribution in [1.82, 2.24) is 4.90 Å². The molecule has 110 valence electrons. The first-order valence-electron chi connectivity index (χ1n) is 6.04. The number of carbonyl (C=O) groups excluding carboxylic acids is 2. The van der Waals surface area contributed by atoms with Gasteiger partial charge in [0.05, 0.1) is 13.2 Å². The summed E-state index contributed by atoms with van der Waals surface area (Å²) in [4.78, 5) is 24.4. The van der Waals surface area contributed by atoms with Crippen molar-refractivity contribution in [2.45, 2.75) is 52.5 Å². The molecular weight excluding hydrogens is 250 g/mol. The van der Waals surface area contributed by atoms with Gasteiger partial charge in [-0.3, -0.25) is 4.90 Å². The fraction of sp³-hybridized carbons (Fsp3) is 0.692. The summed E-state index contributed by atoms with van der Waals surface area (Å²) in [6.07, 6.45) is 0.893. The highest BCUT2D eigenvalue weighted by Gasteiger charge is 2.34. The van der Waals surface area contributed by atoms with E-state index in [9.17, 15) is 14.7 Å². The number of rotatable bonds is 4. The van der Waals surface area contributed by atoms with Crippen molar-refractivity contribution in [2.24, 2.45) is 0 Å². The molecule has 0 aromatic carbocycles. The van der Waals surface area contributed by atoms with Crippen LogP contribution in [0.5, 0.6) is 0 Å². The van der Waals surface area contributed by atoms with Crippen molar-refractivity contribution in [3.05, 3.63) is 12.2 Å². The van der Waals surface area contributed by atoms with Crippen molar-refractivity contribution in [3.63, 3.8) is 0 Å². The Morgan fingerprint density at radius 1 is 1.32 bits per heavy atom. The SMILES string of the molecule is C/C=C/C(C)N(C(=O)OC(C)(C)C)C(O)C(=O)OC. The number of hydrogen-bond donors (Lipinski definition) is 1. The van der Waals surface area contributed by atoms with Crippen LogP contribution in [0.4, 0.5) is 4.79 Å². The molecule has 0 saturated carbocycles. The van der Waals surface area contributed by atoms with E-state index in [0.717, 1.165) is 12.0 Å². The molecule has 0 fully saturated rings. The number of esters is 1. The summed E-state index contributed by atoms with van der Waals surface area (Å²) >= 11 is 0. The third kappa shape index (κ3) is 5.74. The van der Waals surface area contributed by atoms with Crippen molar-refractivity contribution in [2.75, 3.05) is 7.11 Å². The average Bonchev–Trinajstić information content (AvgIpc) is 2.25. The van der Waals surface area contributed by atoms with E-state index >= 15 is 0 Å². The van der Waals surface area contributed by atoms with E-state index in [1.54, 1.807) is 46.8 Å². The Hall–Kier alpha value is -1.56. The van der Waals surface area contributed by atoms with Gasteiger partial charge in [0.25, 0.3) is 0 Å². The number of amides is 1. The molecule has 0 rings (SSSR count). The predicted molar refractivity (Wildman–Crippen MR) is 70.4 cm³/mol. The summed E-state index contributed by atoms with van der Waals surface area (Å²) in [5.41, 5.74) is -0.721. The van der Waals surface area contributed by atoms with Gasteiger partial charge in [0.2, 0.25) is 6.23 Å². The second-order valence-electron chi connectivity index (χ2n) is 5.05. The zero-order valence-corrected chi connectivity index (χ0v) is 12.3. The topological polar surface area (TPSA) is 76.1 Å². The lowest BCUT2D eigenvalue weighted by Crippen LogP contribution is -2.51. The average molecular weight is 273 g/mol. The molecule has 6 nitrogen and oxygen atoms in total. The Morgan fingerprint density at radius 2 is 1.84 bits per heavy atom. The minimum absolute atomic E-state index is 0.506. The van der Waals surface area contributed by atoms with Gasteiger partial charge >= 0.3 is 12.1 Å². The molecule has 0 radical (unpaired) electrons. The van der Waals surface area contributed by atoms with Gasteiger partial charge in [-0.25, -0.2) is 9.59 Å². The van der Waals surface area contributed by atoms with Crippen LogP contribution in [-0.4, -0.2) is 47.0 Å². The molecule has 0 aliphatic heterocycles. The fourth-order valence-corrected chi connectivity index (χ4v) is 1.39. The number of aliphatic hydroxyl groups is 1. The normalized spacial score (nSPS) is 14.9. The van der Waals surface area contributed by atoms with Crippen molar-refractivity contribution < 1.29 is 24.2 Å². The fourth-order valence-electron chi connectivity index (χ4n) is 1.39. The first-order valence-corrected chi connectivity index (χ1v) is 6.04. The van der Waals surface area contributed by atoms with Crippen LogP contribution in [-0.2, 0) is 14.3 Å². The molecule has 0 aromatic rings. The Balaban J connectivity index is 5.16. The number of allylic oxidation sites excluding steroid dienone is 1. The highest BCUT2D eigenvalue weighted by molar-refractivity contribution is 5.80. The summed E-state index contributed by atoms with van der Waals surface area (Å²) in [6, 6.07) is -0.506. The van der Waals surface area contributed by atoms with Crippen LogP contribution in [0.1, 0.15) is 34.6 Å². The van der Waals surface area contributed by atoms with E-state index in [-0.39, 0.29) is 0 Å². The minimum Gasteiger partial charge on any atom is -0.466 e. The van der Waals surface area contributed by atoms with E-state index in [0.29, 0.717) is 0 Å². The van der Waals surface area contributed by atoms with Gasteiger partial charge in [-0.1, -0.05) is 12.2 Å². The molecule has 0 aliphatic rings. The maximum atomic E-state index is 12.0. The molecule has 2 unspecified atom stereocenters. The lowest BCUT2D eigenvalue weighted by Gasteiger charge is -2.32. The lowest BCUT2D eigenvalue weighted by atomic mass is 10.2. The summed E-state index contributed by atoms with van der Waals surface area (Å²) in [5, 5.41) is 9.86. The first-order chi connectivity index (χ1) is 8.64. The van der Waals surface area contributed by atoms with Gasteiger partial charge in [-0.15, -0.1) is 0 Å². The number of nitrogens with zero attached hydrogens (tertiary/aromatic N) is 1. The predicted octanol–water partition coefficient (Wildman–Crippen LogP) is 1.68. The standard InChI is InChI=1S/C13H23NO5/c1-7-8-9(2)14(10(15)11(16)18-6)12(17)19-13(3,4)5/h7-10,15H,1-6H3/b8-7+. The van der Waals surface area contributed by atoms with Crippen molar-refractivity contribution >= 4 is 12.1 Å². The van der Waals surface area contributed by atoms with Crippen LogP contribution in [0.15, 0.2) is 12.2 Å². The smallest absolute Gasteiger partial charge is 0.413 e. The molecule has 0 saturated heterocycles. The molecule has 0 aromatic heterocycles. The molecule has 0 spiro atoms. The Kier molecular flexibility index (Phi) is 6.55. The van der Waals surface area contributed by atoms with Crippen molar-refractivity contribution in [3.8, 4) is 0 Å². The molecular formula is C13H23NO5. The molecule has 1 N–H and O–H groups in total. The van der Waals surface area contributed by atoms with Crippen LogP contribution in [0.3, 0.4) is 0 Å². The maximum absolute atomic E-state index is 12.0. The summed E-state index contributed by atoms with van der Waals surface area (Å²) in [5.74, 6) is -0.915. The quantitative estimate of drug-likeness (QED) is 0.479. The zero-order valence-electron chi connectivity index (χ0n) is 12.3. The van der Waals surface area contributed by atoms with E-state index in [1.165, 1.54) is 0 Å². The van der Waals surface area contributed by atoms with Crippen LogP contribution < -0.4 is 0 Å². The second-order valence-corrected chi connectivity index (χ2v) is 5.05. The molecule has 0 aliphatic carbocycles. The summed E-state index contributed by atoms with van der Waals surface area (Å²) in [7, 11) is 1.14. The van der Waals surface area contributed by atoms with Crippen LogP contribution in [0.25, 0.3) is 0 Å². The summed E-state index contributed by atoms with van der Waals surface area (Å²) < 4.78 is 9.61. The minimum atomic E-state index is -1.70. The monoisotopic (exact) mass is 273 g/mol. The lowest BCUT2D eigenvalue weighted by molar-refractivity contribution is -0.161. The molecule has 19 heavy (non-hydrogen) atoms. The highest BCUT2D eigenvalue weighted by atomic mass is 16.6. The van der Waals surface area contributed by atoms with Gasteiger partial charge in [-0.2, -0.15) is 0 Å². The van der Waals surface area contributed by atoms with Crippen LogP contribution in [0.2, 0.25) is 0 Å². The van der Waals surface area contributed by atoms with E-state index < -0.39 is 29.9 Å². The van der Waals surface area contributed by atoms with Crippen LogP contribution in [0, 0.1) is 0 Å². The Bertz CT molecular complexity index is 345. The third-order valence-electron chi connectivity index (χ3n) is 2.19. The largest absolute Gasteiger partial charge is 0.466 e. The van der Waals surface area contributed by atoms with Gasteiger partial charge in [-0.05, 0) is 34.6 Å². The molecule has 0 bridgehead atoms. The Morgan fingerprint density at radius 3 is 2.21 bits per heavy atom. The molecule has 1 amide bonds. The number of aliphatic hydroxyl groups excluding tert-OH is 1. The van der Waals surface area contributed by atoms with E-state index in [4.69, 9.17) is 4.74 Å². The molecule has 2 atom stereocenters.